The quantitative estimate of drug-likeness (QED) is 0.671. The molecule has 0 radical (unpaired) electrons. The molecule has 1 aromatic carbocycles. The molecule has 0 aromatic heterocycles. The molecule has 3 nitrogen and oxygen atoms in total. The predicted molar refractivity (Wildman–Crippen MR) is 46.6 cm³/mol. The molecule has 0 fully saturated rings. The fourth-order valence-corrected chi connectivity index (χ4v) is 1.48. The third kappa shape index (κ3) is 1.29. The molecule has 0 spiro atoms. The van der Waals surface area contributed by atoms with Crippen LogP contribution in [0, 0.1) is 5.82 Å². The van der Waals surface area contributed by atoms with Gasteiger partial charge in [0.15, 0.2) is 0 Å². The summed E-state index contributed by atoms with van der Waals surface area (Å²) in [6, 6.07) is 3.11. The molecule has 0 bridgehead atoms. The molecule has 1 aliphatic rings. The van der Waals surface area contributed by atoms with Gasteiger partial charge in [-0.25, -0.2) is 4.39 Å². The van der Waals surface area contributed by atoms with Crippen LogP contribution < -0.4 is 11.1 Å². The molecule has 4 heteroatoms. The Hall–Kier alpha value is -1.42. The van der Waals surface area contributed by atoms with Crippen LogP contribution >= 0.6 is 0 Å². The van der Waals surface area contributed by atoms with E-state index < -0.39 is 5.82 Å². The number of halogens is 1. The summed E-state index contributed by atoms with van der Waals surface area (Å²) in [5.74, 6) is -0.563. The molecule has 3 N–H and O–H groups in total. The van der Waals surface area contributed by atoms with Crippen molar-refractivity contribution in [1.82, 2.24) is 0 Å². The van der Waals surface area contributed by atoms with Crippen LogP contribution in [0.1, 0.15) is 11.1 Å². The first-order valence-corrected chi connectivity index (χ1v) is 4.02. The summed E-state index contributed by atoms with van der Waals surface area (Å²) < 4.78 is 13.2. The van der Waals surface area contributed by atoms with E-state index in [-0.39, 0.29) is 12.3 Å². The molecule has 0 saturated carbocycles. The van der Waals surface area contributed by atoms with E-state index >= 15 is 0 Å². The van der Waals surface area contributed by atoms with Crippen LogP contribution in [0.3, 0.4) is 0 Å². The molecule has 13 heavy (non-hydrogen) atoms. The van der Waals surface area contributed by atoms with Crippen molar-refractivity contribution in [2.24, 2.45) is 5.73 Å². The van der Waals surface area contributed by atoms with Crippen molar-refractivity contribution in [3.63, 3.8) is 0 Å². The Kier molecular flexibility index (Phi) is 1.77. The van der Waals surface area contributed by atoms with E-state index in [1.54, 1.807) is 6.07 Å². The Morgan fingerprint density at radius 3 is 3.00 bits per heavy atom. The maximum absolute atomic E-state index is 13.2. The first-order valence-electron chi connectivity index (χ1n) is 4.02. The SMILES string of the molecule is NCc1cc(F)c2c(c1)CC(=O)N2. The lowest BCUT2D eigenvalue weighted by atomic mass is 10.1. The van der Waals surface area contributed by atoms with E-state index in [0.29, 0.717) is 23.4 Å². The third-order valence-electron chi connectivity index (χ3n) is 2.08. The van der Waals surface area contributed by atoms with Gasteiger partial charge in [-0.05, 0) is 17.2 Å². The van der Waals surface area contributed by atoms with Gasteiger partial charge in [-0.2, -0.15) is 0 Å². The van der Waals surface area contributed by atoms with E-state index in [1.165, 1.54) is 6.07 Å². The topological polar surface area (TPSA) is 55.1 Å². The monoisotopic (exact) mass is 180 g/mol. The summed E-state index contributed by atoms with van der Waals surface area (Å²) in [5, 5.41) is 2.46. The maximum Gasteiger partial charge on any atom is 0.228 e. The standard InChI is InChI=1S/C9H9FN2O/c10-7-2-5(4-11)1-6-3-8(13)12-9(6)7/h1-2H,3-4,11H2,(H,12,13). The van der Waals surface area contributed by atoms with Gasteiger partial charge in [0.2, 0.25) is 5.91 Å². The first-order chi connectivity index (χ1) is 6.20. The fourth-order valence-electron chi connectivity index (χ4n) is 1.48. The minimum absolute atomic E-state index is 0.164. The maximum atomic E-state index is 13.2. The normalized spacial score (nSPS) is 14.2. The van der Waals surface area contributed by atoms with Gasteiger partial charge in [-0.1, -0.05) is 6.07 Å². The molecule has 0 atom stereocenters. The highest BCUT2D eigenvalue weighted by Crippen LogP contribution is 2.27. The van der Waals surface area contributed by atoms with Crippen LogP contribution in [-0.2, 0) is 17.8 Å². The molecule has 1 aliphatic heterocycles. The average molecular weight is 180 g/mol. The van der Waals surface area contributed by atoms with Gasteiger partial charge in [0, 0.05) is 6.54 Å². The van der Waals surface area contributed by atoms with Crippen molar-refractivity contribution in [2.75, 3.05) is 5.32 Å². The van der Waals surface area contributed by atoms with Crippen LogP contribution in [0.15, 0.2) is 12.1 Å². The molecule has 2 rings (SSSR count). The van der Waals surface area contributed by atoms with Gasteiger partial charge >= 0.3 is 0 Å². The van der Waals surface area contributed by atoms with Gasteiger partial charge in [0.1, 0.15) is 5.82 Å². The Morgan fingerprint density at radius 1 is 1.54 bits per heavy atom. The van der Waals surface area contributed by atoms with Crippen molar-refractivity contribution in [2.45, 2.75) is 13.0 Å². The Labute approximate surface area is 74.7 Å². The molecule has 1 amide bonds. The summed E-state index contributed by atoms with van der Waals surface area (Å²) in [4.78, 5) is 10.9. The largest absolute Gasteiger partial charge is 0.326 e. The summed E-state index contributed by atoms with van der Waals surface area (Å²) in [7, 11) is 0. The van der Waals surface area contributed by atoms with Gasteiger partial charge in [0.25, 0.3) is 0 Å². The number of nitrogens with one attached hydrogen (secondary N) is 1. The molecule has 1 heterocycles. The lowest BCUT2D eigenvalue weighted by Gasteiger charge is -2.03. The number of nitrogens with two attached hydrogens (primary N) is 1. The van der Waals surface area contributed by atoms with Crippen LogP contribution in [0.5, 0.6) is 0 Å². The van der Waals surface area contributed by atoms with E-state index in [0.717, 1.165) is 0 Å². The smallest absolute Gasteiger partial charge is 0.228 e. The second kappa shape index (κ2) is 2.81. The molecule has 1 aromatic rings. The fraction of sp³-hybridized carbons (Fsp3) is 0.222. The van der Waals surface area contributed by atoms with E-state index in [4.69, 9.17) is 5.73 Å². The Morgan fingerprint density at radius 2 is 2.31 bits per heavy atom. The molecule has 0 unspecified atom stereocenters. The molecular formula is C9H9FN2O. The number of amides is 1. The number of fused-ring (bicyclic) bond motifs is 1. The number of hydrogen-bond donors (Lipinski definition) is 2. The van der Waals surface area contributed by atoms with Gasteiger partial charge < -0.3 is 11.1 Å². The lowest BCUT2D eigenvalue weighted by Crippen LogP contribution is -2.04. The number of anilines is 1. The van der Waals surface area contributed by atoms with E-state index in [1.807, 2.05) is 0 Å². The van der Waals surface area contributed by atoms with Gasteiger partial charge in [0.05, 0.1) is 12.1 Å². The average Bonchev–Trinajstić information content (AvgIpc) is 2.46. The minimum atomic E-state index is -0.399. The Balaban J connectivity index is 2.52. The Bertz CT molecular complexity index is 376. The first kappa shape index (κ1) is 8.19. The van der Waals surface area contributed by atoms with Crippen LogP contribution in [0.4, 0.5) is 10.1 Å². The summed E-state index contributed by atoms with van der Waals surface area (Å²) in [6.07, 6.45) is 0.250. The van der Waals surface area contributed by atoms with Gasteiger partial charge in [-0.3, -0.25) is 4.79 Å². The number of carbonyl (C=O) groups is 1. The van der Waals surface area contributed by atoms with Crippen LogP contribution in [0.2, 0.25) is 0 Å². The van der Waals surface area contributed by atoms with E-state index in [9.17, 15) is 9.18 Å². The number of carbonyl (C=O) groups excluding carboxylic acids is 1. The summed E-state index contributed by atoms with van der Waals surface area (Å²) >= 11 is 0. The zero-order valence-electron chi connectivity index (χ0n) is 6.93. The highest BCUT2D eigenvalue weighted by atomic mass is 19.1. The van der Waals surface area contributed by atoms with Crippen molar-refractivity contribution in [3.05, 3.63) is 29.1 Å². The highest BCUT2D eigenvalue weighted by Gasteiger charge is 2.21. The molecule has 0 aliphatic carbocycles. The third-order valence-corrected chi connectivity index (χ3v) is 2.08. The van der Waals surface area contributed by atoms with Gasteiger partial charge in [-0.15, -0.1) is 0 Å². The minimum Gasteiger partial charge on any atom is -0.326 e. The van der Waals surface area contributed by atoms with Crippen LogP contribution in [-0.4, -0.2) is 5.91 Å². The number of hydrogen-bond acceptors (Lipinski definition) is 2. The van der Waals surface area contributed by atoms with Crippen molar-refractivity contribution < 1.29 is 9.18 Å². The van der Waals surface area contributed by atoms with Crippen molar-refractivity contribution in [1.29, 1.82) is 0 Å². The predicted octanol–water partition coefficient (Wildman–Crippen LogP) is 0.779. The second-order valence-corrected chi connectivity index (χ2v) is 3.04. The molecular weight excluding hydrogens is 171 g/mol. The highest BCUT2D eigenvalue weighted by molar-refractivity contribution is 5.99. The summed E-state index contributed by atoms with van der Waals surface area (Å²) in [5.41, 5.74) is 7.10. The number of benzene rings is 1. The zero-order valence-corrected chi connectivity index (χ0v) is 6.93. The zero-order chi connectivity index (χ0) is 9.42. The second-order valence-electron chi connectivity index (χ2n) is 3.04. The summed E-state index contributed by atoms with van der Waals surface area (Å²) in [6.45, 7) is 0.290. The molecule has 68 valence electrons. The number of rotatable bonds is 1. The van der Waals surface area contributed by atoms with Crippen molar-refractivity contribution >= 4 is 11.6 Å². The van der Waals surface area contributed by atoms with Crippen LogP contribution in [0.25, 0.3) is 0 Å². The molecule has 0 saturated heterocycles. The lowest BCUT2D eigenvalue weighted by molar-refractivity contribution is -0.115. The van der Waals surface area contributed by atoms with Crippen molar-refractivity contribution in [3.8, 4) is 0 Å². The van der Waals surface area contributed by atoms with E-state index in [2.05, 4.69) is 5.32 Å².